The van der Waals surface area contributed by atoms with Gasteiger partial charge >= 0.3 is 0 Å². The topological polar surface area (TPSA) is 66.0 Å². The van der Waals surface area contributed by atoms with Crippen molar-refractivity contribution >= 4 is 21.8 Å². The largest absolute Gasteiger partial charge is 0.444 e. The molecule has 0 radical (unpaired) electrons. The van der Waals surface area contributed by atoms with Crippen LogP contribution in [0.25, 0.3) is 0 Å². The lowest BCUT2D eigenvalue weighted by Crippen LogP contribution is -2.44. The molecule has 0 saturated carbocycles. The van der Waals surface area contributed by atoms with Crippen molar-refractivity contribution in [1.82, 2.24) is 5.32 Å². The zero-order valence-electron chi connectivity index (χ0n) is 8.50. The second kappa shape index (κ2) is 4.49. The number of furan rings is 1. The predicted molar refractivity (Wildman–Crippen MR) is 58.2 cm³/mol. The van der Waals surface area contributed by atoms with E-state index in [4.69, 9.17) is 9.68 Å². The summed E-state index contributed by atoms with van der Waals surface area (Å²) in [5.41, 5.74) is -0.851. The van der Waals surface area contributed by atoms with Gasteiger partial charge in [0.25, 0.3) is 5.91 Å². The highest BCUT2D eigenvalue weighted by atomic mass is 79.9. The van der Waals surface area contributed by atoms with E-state index < -0.39 is 5.54 Å². The van der Waals surface area contributed by atoms with Gasteiger partial charge in [0.15, 0.2) is 10.4 Å². The molecule has 0 aliphatic carbocycles. The van der Waals surface area contributed by atoms with Crippen LogP contribution in [0.4, 0.5) is 0 Å². The Morgan fingerprint density at radius 2 is 2.40 bits per heavy atom. The Morgan fingerprint density at radius 1 is 1.73 bits per heavy atom. The molecule has 0 aliphatic rings. The number of nitrogens with one attached hydrogen (secondary N) is 1. The molecule has 0 fully saturated rings. The molecule has 4 nitrogen and oxygen atoms in total. The molecule has 1 heterocycles. The molecular weight excluding hydrogens is 260 g/mol. The van der Waals surface area contributed by atoms with Crippen molar-refractivity contribution in [3.05, 3.63) is 22.6 Å². The maximum absolute atomic E-state index is 11.6. The molecule has 1 atom stereocenters. The van der Waals surface area contributed by atoms with Gasteiger partial charge in [0.1, 0.15) is 5.54 Å². The molecular formula is C10H11BrN2O2. The van der Waals surface area contributed by atoms with E-state index in [9.17, 15) is 4.79 Å². The van der Waals surface area contributed by atoms with Gasteiger partial charge in [-0.15, -0.1) is 0 Å². The third-order valence-electron chi connectivity index (χ3n) is 2.14. The quantitative estimate of drug-likeness (QED) is 0.918. The van der Waals surface area contributed by atoms with Crippen molar-refractivity contribution in [3.63, 3.8) is 0 Å². The summed E-state index contributed by atoms with van der Waals surface area (Å²) in [6, 6.07) is 5.23. The van der Waals surface area contributed by atoms with Crippen LogP contribution < -0.4 is 5.32 Å². The van der Waals surface area contributed by atoms with Gasteiger partial charge in [0.05, 0.1) is 6.07 Å². The van der Waals surface area contributed by atoms with Crippen molar-refractivity contribution in [1.29, 1.82) is 5.26 Å². The van der Waals surface area contributed by atoms with E-state index in [0.717, 1.165) is 0 Å². The van der Waals surface area contributed by atoms with E-state index in [2.05, 4.69) is 27.3 Å². The number of hydrogen-bond acceptors (Lipinski definition) is 3. The maximum Gasteiger partial charge on any atom is 0.288 e. The summed E-state index contributed by atoms with van der Waals surface area (Å²) < 4.78 is 5.56. The van der Waals surface area contributed by atoms with E-state index in [-0.39, 0.29) is 11.7 Å². The van der Waals surface area contributed by atoms with Gasteiger partial charge in [-0.2, -0.15) is 5.26 Å². The van der Waals surface area contributed by atoms with Crippen molar-refractivity contribution in [2.24, 2.45) is 0 Å². The molecule has 1 aromatic heterocycles. The lowest BCUT2D eigenvalue weighted by Gasteiger charge is -2.20. The van der Waals surface area contributed by atoms with Crippen LogP contribution in [0, 0.1) is 11.3 Å². The second-order valence-electron chi connectivity index (χ2n) is 3.36. The summed E-state index contributed by atoms with van der Waals surface area (Å²) in [7, 11) is 0. The average Bonchev–Trinajstić information content (AvgIpc) is 2.65. The van der Waals surface area contributed by atoms with Crippen molar-refractivity contribution in [2.45, 2.75) is 25.8 Å². The number of amides is 1. The minimum absolute atomic E-state index is 0.191. The summed E-state index contributed by atoms with van der Waals surface area (Å²) in [5, 5.41) is 11.5. The van der Waals surface area contributed by atoms with Crippen LogP contribution in [0.1, 0.15) is 30.8 Å². The highest BCUT2D eigenvalue weighted by molar-refractivity contribution is 9.10. The van der Waals surface area contributed by atoms with Gasteiger partial charge in [0.2, 0.25) is 0 Å². The summed E-state index contributed by atoms with van der Waals surface area (Å²) in [4.78, 5) is 11.6. The van der Waals surface area contributed by atoms with Crippen molar-refractivity contribution < 1.29 is 9.21 Å². The number of carbonyl (C=O) groups excluding carboxylic acids is 1. The fourth-order valence-electron chi connectivity index (χ4n) is 0.944. The van der Waals surface area contributed by atoms with Crippen LogP contribution in [-0.4, -0.2) is 11.4 Å². The lowest BCUT2D eigenvalue weighted by atomic mass is 10.0. The molecule has 5 heteroatoms. The average molecular weight is 271 g/mol. The molecule has 0 spiro atoms. The monoisotopic (exact) mass is 270 g/mol. The molecule has 1 amide bonds. The molecule has 80 valence electrons. The number of rotatable bonds is 3. The molecule has 1 rings (SSSR count). The van der Waals surface area contributed by atoms with E-state index in [1.165, 1.54) is 0 Å². The third-order valence-corrected chi connectivity index (χ3v) is 2.57. The Kier molecular flexibility index (Phi) is 3.53. The summed E-state index contributed by atoms with van der Waals surface area (Å²) in [5.74, 6) is -0.191. The fraction of sp³-hybridized carbons (Fsp3) is 0.400. The van der Waals surface area contributed by atoms with Gasteiger partial charge in [-0.05, 0) is 41.4 Å². The first-order valence-corrected chi connectivity index (χ1v) is 5.29. The molecule has 1 aromatic rings. The van der Waals surface area contributed by atoms with Gasteiger partial charge < -0.3 is 9.73 Å². The number of hydrogen-bond donors (Lipinski definition) is 1. The lowest BCUT2D eigenvalue weighted by molar-refractivity contribution is 0.0893. The van der Waals surface area contributed by atoms with Crippen molar-refractivity contribution in [2.75, 3.05) is 0 Å². The standard InChI is InChI=1S/C10H11BrN2O2/c1-3-10(2,6-12)13-9(14)7-4-5-8(11)15-7/h4-5H,3H2,1-2H3,(H,13,14). The van der Waals surface area contributed by atoms with Gasteiger partial charge in [-0.1, -0.05) is 6.92 Å². The first-order chi connectivity index (χ1) is 7.00. The second-order valence-corrected chi connectivity index (χ2v) is 4.14. The normalized spacial score (nSPS) is 14.0. The smallest absolute Gasteiger partial charge is 0.288 e. The molecule has 0 saturated heterocycles. The minimum Gasteiger partial charge on any atom is -0.444 e. The maximum atomic E-state index is 11.6. The van der Waals surface area contributed by atoms with E-state index in [1.807, 2.05) is 6.92 Å². The summed E-state index contributed by atoms with van der Waals surface area (Å²) >= 11 is 3.10. The molecule has 15 heavy (non-hydrogen) atoms. The van der Waals surface area contributed by atoms with Crippen molar-refractivity contribution in [3.8, 4) is 6.07 Å². The molecule has 0 bridgehead atoms. The first-order valence-electron chi connectivity index (χ1n) is 4.50. The van der Waals surface area contributed by atoms with Crippen LogP contribution in [0.2, 0.25) is 0 Å². The Morgan fingerprint density at radius 3 is 2.80 bits per heavy atom. The highest BCUT2D eigenvalue weighted by Crippen LogP contribution is 2.15. The van der Waals surface area contributed by atoms with Gasteiger partial charge in [0, 0.05) is 0 Å². The molecule has 0 aromatic carbocycles. The number of halogens is 1. The number of carbonyl (C=O) groups is 1. The van der Waals surface area contributed by atoms with Crippen LogP contribution in [0.15, 0.2) is 21.2 Å². The zero-order valence-corrected chi connectivity index (χ0v) is 10.1. The van der Waals surface area contributed by atoms with Gasteiger partial charge in [-0.3, -0.25) is 4.79 Å². The Bertz CT molecular complexity index is 408. The number of nitriles is 1. The zero-order chi connectivity index (χ0) is 11.5. The van der Waals surface area contributed by atoms with E-state index in [1.54, 1.807) is 19.1 Å². The summed E-state index contributed by atoms with van der Waals surface area (Å²) in [6.07, 6.45) is 0.539. The van der Waals surface area contributed by atoms with E-state index in [0.29, 0.717) is 11.1 Å². The van der Waals surface area contributed by atoms with E-state index >= 15 is 0 Å². The Balaban J connectivity index is 2.76. The SMILES string of the molecule is CCC(C)(C#N)NC(=O)c1ccc(Br)o1. The van der Waals surface area contributed by atoms with Crippen LogP contribution in [0.3, 0.4) is 0 Å². The number of nitrogens with zero attached hydrogens (tertiary/aromatic N) is 1. The highest BCUT2D eigenvalue weighted by Gasteiger charge is 2.25. The van der Waals surface area contributed by atoms with Crippen LogP contribution >= 0.6 is 15.9 Å². The summed E-state index contributed by atoms with van der Waals surface area (Å²) in [6.45, 7) is 3.50. The third kappa shape index (κ3) is 2.83. The van der Waals surface area contributed by atoms with Crippen LogP contribution in [0.5, 0.6) is 0 Å². The predicted octanol–water partition coefficient (Wildman–Crippen LogP) is 2.46. The molecule has 1 unspecified atom stereocenters. The first kappa shape index (κ1) is 11.8. The minimum atomic E-state index is -0.851. The molecule has 0 aliphatic heterocycles. The van der Waals surface area contributed by atoms with Crippen LogP contribution in [-0.2, 0) is 0 Å². The Hall–Kier alpha value is -1.28. The Labute approximate surface area is 96.4 Å². The molecule has 1 N–H and O–H groups in total. The fourth-order valence-corrected chi connectivity index (χ4v) is 1.25. The van der Waals surface area contributed by atoms with Gasteiger partial charge in [-0.25, -0.2) is 0 Å².